The maximum Gasteiger partial charge on any atom is 0.193 e. The summed E-state index contributed by atoms with van der Waals surface area (Å²) in [5, 5.41) is 0.878. The van der Waals surface area contributed by atoms with Crippen LogP contribution in [-0.4, -0.2) is 60.3 Å². The fraction of sp³-hybridized carbons (Fsp3) is 0.292. The lowest BCUT2D eigenvalue weighted by atomic mass is 10.2. The molecule has 0 atom stereocenters. The lowest BCUT2D eigenvalue weighted by Gasteiger charge is -2.26. The molecule has 1 saturated heterocycles. The Labute approximate surface area is 191 Å². The summed E-state index contributed by atoms with van der Waals surface area (Å²) in [7, 11) is 4.04. The second-order valence-electron chi connectivity index (χ2n) is 7.85. The molecule has 0 aliphatic carbocycles. The number of fused-ring (bicyclic) bond motifs is 1. The molecule has 8 heteroatoms. The molecule has 1 aromatic carbocycles. The van der Waals surface area contributed by atoms with Gasteiger partial charge in [-0.1, -0.05) is 29.5 Å². The van der Waals surface area contributed by atoms with Crippen LogP contribution >= 0.6 is 11.3 Å². The Morgan fingerprint density at radius 2 is 1.75 bits per heavy atom. The predicted octanol–water partition coefficient (Wildman–Crippen LogP) is 4.45. The van der Waals surface area contributed by atoms with Gasteiger partial charge in [0.25, 0.3) is 0 Å². The Hall–Kier alpha value is -3.07. The van der Waals surface area contributed by atoms with Gasteiger partial charge in [0.2, 0.25) is 0 Å². The number of nitrogens with zero attached hydrogens (tertiary/aromatic N) is 6. The van der Waals surface area contributed by atoms with Crippen molar-refractivity contribution in [1.82, 2.24) is 19.9 Å². The summed E-state index contributed by atoms with van der Waals surface area (Å²) in [6.45, 7) is 4.45. The summed E-state index contributed by atoms with van der Waals surface area (Å²) in [5.41, 5.74) is 3.24. The minimum absolute atomic E-state index is 0.804. The third kappa shape index (κ3) is 4.43. The van der Waals surface area contributed by atoms with E-state index in [1.165, 1.54) is 5.56 Å². The zero-order chi connectivity index (χ0) is 21.9. The van der Waals surface area contributed by atoms with Crippen LogP contribution in [0, 0.1) is 0 Å². The molecule has 1 aliphatic heterocycles. The summed E-state index contributed by atoms with van der Waals surface area (Å²) < 4.78 is 5.46. The van der Waals surface area contributed by atoms with Gasteiger partial charge in [-0.25, -0.2) is 15.0 Å². The van der Waals surface area contributed by atoms with E-state index < -0.39 is 0 Å². The number of hydrogen-bond donors (Lipinski definition) is 0. The smallest absolute Gasteiger partial charge is 0.193 e. The molecule has 3 aromatic heterocycles. The van der Waals surface area contributed by atoms with Crippen molar-refractivity contribution in [3.05, 3.63) is 66.4 Å². The number of hydrogen-bond acceptors (Lipinski definition) is 8. The number of ether oxygens (including phenoxy) is 1. The van der Waals surface area contributed by atoms with Crippen LogP contribution in [0.25, 0.3) is 10.3 Å². The maximum atomic E-state index is 5.46. The van der Waals surface area contributed by atoms with Crippen LogP contribution in [0.15, 0.2) is 60.8 Å². The summed E-state index contributed by atoms with van der Waals surface area (Å²) in [4.78, 5) is 21.7. The van der Waals surface area contributed by atoms with E-state index in [1.807, 2.05) is 55.5 Å². The monoisotopic (exact) mass is 446 g/mol. The fourth-order valence-electron chi connectivity index (χ4n) is 3.77. The maximum absolute atomic E-state index is 5.46. The van der Waals surface area contributed by atoms with Crippen LogP contribution in [0.3, 0.4) is 0 Å². The topological polar surface area (TPSA) is 57.6 Å². The van der Waals surface area contributed by atoms with Gasteiger partial charge in [0.15, 0.2) is 5.13 Å². The largest absolute Gasteiger partial charge is 0.379 e. The molecule has 0 unspecified atom stereocenters. The molecule has 5 rings (SSSR count). The molecule has 164 valence electrons. The Bertz CT molecular complexity index is 1190. The quantitative estimate of drug-likeness (QED) is 0.434. The van der Waals surface area contributed by atoms with Crippen molar-refractivity contribution in [2.24, 2.45) is 0 Å². The first kappa shape index (κ1) is 20.8. The van der Waals surface area contributed by atoms with Crippen molar-refractivity contribution in [2.75, 3.05) is 50.2 Å². The molecule has 0 spiro atoms. The minimum Gasteiger partial charge on any atom is -0.379 e. The van der Waals surface area contributed by atoms with Crippen LogP contribution in [0.5, 0.6) is 0 Å². The molecule has 0 saturated carbocycles. The Balaban J connectivity index is 1.37. The van der Waals surface area contributed by atoms with E-state index in [0.717, 1.165) is 65.6 Å². The van der Waals surface area contributed by atoms with Crippen molar-refractivity contribution in [1.29, 1.82) is 0 Å². The van der Waals surface area contributed by atoms with Crippen molar-refractivity contribution in [3.8, 4) is 0 Å². The Morgan fingerprint density at radius 1 is 0.938 bits per heavy atom. The third-order valence-corrected chi connectivity index (χ3v) is 6.71. The highest BCUT2D eigenvalue weighted by atomic mass is 32.1. The molecule has 1 fully saturated rings. The summed E-state index contributed by atoms with van der Waals surface area (Å²) in [6.07, 6.45) is 1.88. The molecule has 0 N–H and O–H groups in total. The number of morpholine rings is 1. The standard InChI is InChI=1S/C24H26N6OS/c1-28(19-6-4-3-5-7-19)21-9-8-20-23(27-21)32-24(26-20)29(2)22-16-18(10-11-25-22)17-30-12-14-31-15-13-30/h3-11,16H,12-15,17H2,1-2H3. The molecule has 4 heterocycles. The van der Waals surface area contributed by atoms with Gasteiger partial charge in [-0.05, 0) is 42.0 Å². The highest BCUT2D eigenvalue weighted by Crippen LogP contribution is 2.33. The van der Waals surface area contributed by atoms with Gasteiger partial charge in [-0.15, -0.1) is 0 Å². The number of thiazole rings is 1. The van der Waals surface area contributed by atoms with Crippen molar-refractivity contribution < 1.29 is 4.74 Å². The average molecular weight is 447 g/mol. The number of pyridine rings is 2. The van der Waals surface area contributed by atoms with Gasteiger partial charge in [0, 0.05) is 45.6 Å². The first-order valence-electron chi connectivity index (χ1n) is 10.7. The van der Waals surface area contributed by atoms with Crippen LogP contribution < -0.4 is 9.80 Å². The lowest BCUT2D eigenvalue weighted by Crippen LogP contribution is -2.35. The van der Waals surface area contributed by atoms with Crippen molar-refractivity contribution >= 4 is 44.1 Å². The summed E-state index contributed by atoms with van der Waals surface area (Å²) in [6, 6.07) is 18.5. The zero-order valence-electron chi connectivity index (χ0n) is 18.3. The number of aromatic nitrogens is 3. The van der Waals surface area contributed by atoms with Crippen LogP contribution in [0.4, 0.5) is 22.5 Å². The van der Waals surface area contributed by atoms with Gasteiger partial charge in [-0.2, -0.15) is 0 Å². The molecular formula is C24H26N6OS. The summed E-state index contributed by atoms with van der Waals surface area (Å²) in [5.74, 6) is 1.78. The van der Waals surface area contributed by atoms with Crippen LogP contribution in [0.2, 0.25) is 0 Å². The molecule has 1 aliphatic rings. The van der Waals surface area contributed by atoms with Crippen molar-refractivity contribution in [3.63, 3.8) is 0 Å². The molecule has 0 amide bonds. The number of anilines is 4. The second-order valence-corrected chi connectivity index (χ2v) is 8.81. The fourth-order valence-corrected chi connectivity index (χ4v) is 4.67. The summed E-state index contributed by atoms with van der Waals surface area (Å²) >= 11 is 1.58. The zero-order valence-corrected chi connectivity index (χ0v) is 19.1. The van der Waals surface area contributed by atoms with Gasteiger partial charge in [-0.3, -0.25) is 4.90 Å². The first-order chi connectivity index (χ1) is 15.7. The molecular weight excluding hydrogens is 420 g/mol. The van der Waals surface area contributed by atoms with Gasteiger partial charge >= 0.3 is 0 Å². The molecule has 7 nitrogen and oxygen atoms in total. The minimum atomic E-state index is 0.804. The van der Waals surface area contributed by atoms with Crippen molar-refractivity contribution in [2.45, 2.75) is 6.54 Å². The number of benzene rings is 1. The van der Waals surface area contributed by atoms with Crippen LogP contribution in [-0.2, 0) is 11.3 Å². The third-order valence-electron chi connectivity index (χ3n) is 5.67. The number of rotatable bonds is 6. The SMILES string of the molecule is CN(c1ccccc1)c1ccc2nc(N(C)c3cc(CN4CCOCC4)ccn3)sc2n1. The number of para-hydroxylation sites is 1. The van der Waals surface area contributed by atoms with E-state index in [1.54, 1.807) is 11.3 Å². The van der Waals surface area contributed by atoms with E-state index in [4.69, 9.17) is 14.7 Å². The first-order valence-corrected chi connectivity index (χ1v) is 11.5. The highest BCUT2D eigenvalue weighted by Gasteiger charge is 2.16. The average Bonchev–Trinajstić information content (AvgIpc) is 3.28. The van der Waals surface area contributed by atoms with Gasteiger partial charge < -0.3 is 14.5 Å². The molecule has 0 radical (unpaired) electrons. The molecule has 0 bridgehead atoms. The molecule has 4 aromatic rings. The van der Waals surface area contributed by atoms with Gasteiger partial charge in [0.05, 0.1) is 13.2 Å². The lowest BCUT2D eigenvalue weighted by molar-refractivity contribution is 0.0342. The van der Waals surface area contributed by atoms with E-state index in [-0.39, 0.29) is 0 Å². The Morgan fingerprint density at radius 3 is 2.56 bits per heavy atom. The van der Waals surface area contributed by atoms with E-state index in [2.05, 4.69) is 39.0 Å². The Kier molecular flexibility index (Phi) is 5.98. The highest BCUT2D eigenvalue weighted by molar-refractivity contribution is 7.21. The van der Waals surface area contributed by atoms with Gasteiger partial charge in [0.1, 0.15) is 22.0 Å². The second kappa shape index (κ2) is 9.20. The predicted molar refractivity (Wildman–Crippen MR) is 130 cm³/mol. The van der Waals surface area contributed by atoms with E-state index >= 15 is 0 Å². The molecule has 32 heavy (non-hydrogen) atoms. The normalized spacial score (nSPS) is 14.6. The van der Waals surface area contributed by atoms with Crippen LogP contribution in [0.1, 0.15) is 5.56 Å². The van der Waals surface area contributed by atoms with E-state index in [0.29, 0.717) is 0 Å². The van der Waals surface area contributed by atoms with E-state index in [9.17, 15) is 0 Å².